The molecule has 112 valence electrons. The van der Waals surface area contributed by atoms with E-state index in [1.165, 1.54) is 5.56 Å². The van der Waals surface area contributed by atoms with E-state index in [1.54, 1.807) is 12.1 Å². The molecule has 0 aliphatic heterocycles. The molecule has 22 heavy (non-hydrogen) atoms. The molecular weight excluding hydrogens is 280 g/mol. The summed E-state index contributed by atoms with van der Waals surface area (Å²) in [5, 5.41) is 1.16. The summed E-state index contributed by atoms with van der Waals surface area (Å²) in [7, 11) is 0. The van der Waals surface area contributed by atoms with Crippen LogP contribution in [0.15, 0.2) is 48.5 Å². The van der Waals surface area contributed by atoms with Gasteiger partial charge in [0.15, 0.2) is 11.6 Å². The standard InChI is InChI=1S/C19H17F2N/c1-2-13-12-15(22-18-9-4-3-7-16(13)18)11-10-14-6-5-8-17(20)19(14)21/h3-9,12H,2,10-11H2,1H3. The Bertz CT molecular complexity index is 812. The molecule has 0 unspecified atom stereocenters. The lowest BCUT2D eigenvalue weighted by Crippen LogP contribution is -2.00. The molecule has 0 N–H and O–H groups in total. The average Bonchev–Trinajstić information content (AvgIpc) is 2.55. The van der Waals surface area contributed by atoms with Crippen LogP contribution in [0.1, 0.15) is 23.7 Å². The number of pyridine rings is 1. The van der Waals surface area contributed by atoms with Crippen LogP contribution in [0, 0.1) is 11.6 Å². The second kappa shape index (κ2) is 6.22. The third-order valence-corrected chi connectivity index (χ3v) is 3.92. The van der Waals surface area contributed by atoms with Crippen molar-refractivity contribution in [3.8, 4) is 0 Å². The predicted octanol–water partition coefficient (Wildman–Crippen LogP) is 4.86. The summed E-state index contributed by atoms with van der Waals surface area (Å²) in [5.41, 5.74) is 3.50. The Kier molecular flexibility index (Phi) is 4.14. The summed E-state index contributed by atoms with van der Waals surface area (Å²) in [4.78, 5) is 4.63. The number of benzene rings is 2. The third-order valence-electron chi connectivity index (χ3n) is 3.92. The van der Waals surface area contributed by atoms with Crippen LogP contribution >= 0.6 is 0 Å². The minimum absolute atomic E-state index is 0.396. The van der Waals surface area contributed by atoms with E-state index in [-0.39, 0.29) is 0 Å². The van der Waals surface area contributed by atoms with Crippen LogP contribution < -0.4 is 0 Å². The first-order chi connectivity index (χ1) is 10.7. The number of para-hydroxylation sites is 1. The number of hydrogen-bond donors (Lipinski definition) is 0. The van der Waals surface area contributed by atoms with Gasteiger partial charge in [-0.05, 0) is 48.6 Å². The summed E-state index contributed by atoms with van der Waals surface area (Å²) in [5.74, 6) is -1.54. The van der Waals surface area contributed by atoms with Crippen molar-refractivity contribution in [2.75, 3.05) is 0 Å². The van der Waals surface area contributed by atoms with Crippen molar-refractivity contribution in [3.63, 3.8) is 0 Å². The summed E-state index contributed by atoms with van der Waals surface area (Å²) >= 11 is 0. The van der Waals surface area contributed by atoms with Crippen molar-refractivity contribution in [1.82, 2.24) is 4.98 Å². The zero-order valence-electron chi connectivity index (χ0n) is 12.4. The number of hydrogen-bond acceptors (Lipinski definition) is 1. The summed E-state index contributed by atoms with van der Waals surface area (Å²) < 4.78 is 26.9. The van der Waals surface area contributed by atoms with Crippen molar-refractivity contribution < 1.29 is 8.78 Å². The summed E-state index contributed by atoms with van der Waals surface area (Å²) in [6.45, 7) is 2.11. The second-order valence-corrected chi connectivity index (χ2v) is 5.36. The Balaban J connectivity index is 1.89. The van der Waals surface area contributed by atoms with Gasteiger partial charge in [0.2, 0.25) is 0 Å². The lowest BCUT2D eigenvalue weighted by molar-refractivity contribution is 0.498. The Labute approximate surface area is 128 Å². The molecule has 1 aromatic heterocycles. The summed E-state index contributed by atoms with van der Waals surface area (Å²) in [6, 6.07) is 14.4. The van der Waals surface area contributed by atoms with Crippen molar-refractivity contribution in [1.29, 1.82) is 0 Å². The minimum atomic E-state index is -0.793. The van der Waals surface area contributed by atoms with Gasteiger partial charge in [0.25, 0.3) is 0 Å². The summed E-state index contributed by atoms with van der Waals surface area (Å²) in [6.07, 6.45) is 1.96. The van der Waals surface area contributed by atoms with Gasteiger partial charge >= 0.3 is 0 Å². The Morgan fingerprint density at radius 1 is 0.909 bits per heavy atom. The highest BCUT2D eigenvalue weighted by molar-refractivity contribution is 5.82. The van der Waals surface area contributed by atoms with Crippen LogP contribution in [0.4, 0.5) is 8.78 Å². The normalized spacial score (nSPS) is 11.0. The number of nitrogens with zero attached hydrogens (tertiary/aromatic N) is 1. The lowest BCUT2D eigenvalue weighted by Gasteiger charge is -2.09. The molecule has 0 bridgehead atoms. The van der Waals surface area contributed by atoms with E-state index < -0.39 is 11.6 Å². The molecule has 0 aliphatic carbocycles. The number of aromatic nitrogens is 1. The molecule has 0 saturated carbocycles. The first kappa shape index (κ1) is 14.6. The van der Waals surface area contributed by atoms with Crippen LogP contribution in [0.25, 0.3) is 10.9 Å². The van der Waals surface area contributed by atoms with Gasteiger partial charge in [0.05, 0.1) is 5.52 Å². The molecule has 0 radical (unpaired) electrons. The van der Waals surface area contributed by atoms with E-state index in [0.717, 1.165) is 29.1 Å². The lowest BCUT2D eigenvalue weighted by atomic mass is 10.0. The molecule has 1 nitrogen and oxygen atoms in total. The molecule has 0 amide bonds. The minimum Gasteiger partial charge on any atom is -0.253 e. The van der Waals surface area contributed by atoms with Gasteiger partial charge in [-0.15, -0.1) is 0 Å². The van der Waals surface area contributed by atoms with Crippen LogP contribution in [0.2, 0.25) is 0 Å². The molecule has 0 aliphatic rings. The highest BCUT2D eigenvalue weighted by Gasteiger charge is 2.09. The number of fused-ring (bicyclic) bond motifs is 1. The molecular formula is C19H17F2N. The highest BCUT2D eigenvalue weighted by atomic mass is 19.2. The van der Waals surface area contributed by atoms with E-state index in [0.29, 0.717) is 18.4 Å². The smallest absolute Gasteiger partial charge is 0.162 e. The predicted molar refractivity (Wildman–Crippen MR) is 84.9 cm³/mol. The van der Waals surface area contributed by atoms with Crippen LogP contribution in [0.5, 0.6) is 0 Å². The number of rotatable bonds is 4. The van der Waals surface area contributed by atoms with Crippen LogP contribution in [-0.4, -0.2) is 4.98 Å². The topological polar surface area (TPSA) is 12.9 Å². The van der Waals surface area contributed by atoms with E-state index in [1.807, 2.05) is 18.2 Å². The molecule has 0 spiro atoms. The Morgan fingerprint density at radius 2 is 1.73 bits per heavy atom. The first-order valence-electron chi connectivity index (χ1n) is 7.49. The highest BCUT2D eigenvalue weighted by Crippen LogP contribution is 2.20. The van der Waals surface area contributed by atoms with Gasteiger partial charge in [-0.2, -0.15) is 0 Å². The van der Waals surface area contributed by atoms with Gasteiger partial charge in [-0.3, -0.25) is 4.98 Å². The molecule has 3 aromatic rings. The van der Waals surface area contributed by atoms with E-state index >= 15 is 0 Å². The fraction of sp³-hybridized carbons (Fsp3) is 0.211. The van der Waals surface area contributed by atoms with Crippen LogP contribution in [0.3, 0.4) is 0 Å². The largest absolute Gasteiger partial charge is 0.253 e. The Hall–Kier alpha value is -2.29. The monoisotopic (exact) mass is 297 g/mol. The van der Waals surface area contributed by atoms with Gasteiger partial charge in [-0.25, -0.2) is 8.78 Å². The van der Waals surface area contributed by atoms with Gasteiger partial charge in [0.1, 0.15) is 0 Å². The Morgan fingerprint density at radius 3 is 2.55 bits per heavy atom. The van der Waals surface area contributed by atoms with Crippen molar-refractivity contribution >= 4 is 10.9 Å². The maximum atomic E-state index is 13.7. The molecule has 1 heterocycles. The zero-order chi connectivity index (χ0) is 15.5. The van der Waals surface area contributed by atoms with Gasteiger partial charge in [0, 0.05) is 11.1 Å². The van der Waals surface area contributed by atoms with Crippen molar-refractivity contribution in [2.24, 2.45) is 0 Å². The quantitative estimate of drug-likeness (QED) is 0.670. The van der Waals surface area contributed by atoms with E-state index in [4.69, 9.17) is 0 Å². The fourth-order valence-electron chi connectivity index (χ4n) is 2.73. The number of halogens is 2. The number of aryl methyl sites for hydroxylation is 3. The molecule has 0 atom stereocenters. The maximum absolute atomic E-state index is 13.7. The van der Waals surface area contributed by atoms with Gasteiger partial charge in [-0.1, -0.05) is 37.3 Å². The first-order valence-corrected chi connectivity index (χ1v) is 7.49. The zero-order valence-corrected chi connectivity index (χ0v) is 12.4. The second-order valence-electron chi connectivity index (χ2n) is 5.36. The average molecular weight is 297 g/mol. The van der Waals surface area contributed by atoms with E-state index in [2.05, 4.69) is 24.0 Å². The fourth-order valence-corrected chi connectivity index (χ4v) is 2.73. The van der Waals surface area contributed by atoms with Gasteiger partial charge < -0.3 is 0 Å². The van der Waals surface area contributed by atoms with Crippen LogP contribution in [-0.2, 0) is 19.3 Å². The molecule has 0 fully saturated rings. The maximum Gasteiger partial charge on any atom is 0.162 e. The molecule has 3 heteroatoms. The molecule has 0 saturated heterocycles. The van der Waals surface area contributed by atoms with Crippen molar-refractivity contribution in [2.45, 2.75) is 26.2 Å². The third kappa shape index (κ3) is 2.84. The molecule has 2 aromatic carbocycles. The van der Waals surface area contributed by atoms with Crippen molar-refractivity contribution in [3.05, 3.63) is 77.0 Å². The molecule has 3 rings (SSSR count). The SMILES string of the molecule is CCc1cc(CCc2cccc(F)c2F)nc2ccccc12. The van der Waals surface area contributed by atoms with E-state index in [9.17, 15) is 8.78 Å².